The number of rotatable bonds is 6. The molecule has 0 saturated heterocycles. The minimum Gasteiger partial charge on any atom is -0.357 e. The van der Waals surface area contributed by atoms with Crippen LogP contribution < -0.4 is 10.6 Å². The lowest BCUT2D eigenvalue weighted by atomic mass is 10.1. The van der Waals surface area contributed by atoms with Crippen LogP contribution in [0.1, 0.15) is 18.0 Å². The molecule has 0 unspecified atom stereocenters. The zero-order valence-corrected chi connectivity index (χ0v) is 11.8. The Labute approximate surface area is 123 Å². The molecule has 0 spiro atoms. The van der Waals surface area contributed by atoms with E-state index >= 15 is 0 Å². The first-order valence-corrected chi connectivity index (χ1v) is 6.74. The van der Waals surface area contributed by atoms with Gasteiger partial charge in [-0.15, -0.1) is 0 Å². The summed E-state index contributed by atoms with van der Waals surface area (Å²) >= 11 is 0. The van der Waals surface area contributed by atoms with Crippen molar-refractivity contribution in [3.8, 4) is 0 Å². The molecule has 1 aromatic heterocycles. The van der Waals surface area contributed by atoms with Crippen molar-refractivity contribution >= 4 is 11.8 Å². The summed E-state index contributed by atoms with van der Waals surface area (Å²) in [4.78, 5) is 23.9. The monoisotopic (exact) mass is 286 g/mol. The SMILES string of the molecule is CNC(=O)[C@H](NC(=O)CCn1cccn1)c1ccccc1. The van der Waals surface area contributed by atoms with Crippen LogP contribution >= 0.6 is 0 Å². The van der Waals surface area contributed by atoms with Crippen LogP contribution in [0.5, 0.6) is 0 Å². The van der Waals surface area contributed by atoms with Crippen molar-refractivity contribution in [2.45, 2.75) is 19.0 Å². The Morgan fingerprint density at radius 2 is 2.00 bits per heavy atom. The van der Waals surface area contributed by atoms with Crippen LogP contribution in [0.25, 0.3) is 0 Å². The van der Waals surface area contributed by atoms with Crippen LogP contribution in [-0.2, 0) is 16.1 Å². The number of aryl methyl sites for hydroxylation is 1. The average molecular weight is 286 g/mol. The Morgan fingerprint density at radius 1 is 1.24 bits per heavy atom. The summed E-state index contributed by atoms with van der Waals surface area (Å²) in [7, 11) is 1.55. The number of likely N-dealkylation sites (N-methyl/N-ethyl adjacent to an activating group) is 1. The number of carbonyl (C=O) groups is 2. The second kappa shape index (κ2) is 7.23. The zero-order valence-electron chi connectivity index (χ0n) is 11.8. The highest BCUT2D eigenvalue weighted by molar-refractivity contribution is 5.88. The predicted molar refractivity (Wildman–Crippen MR) is 78.2 cm³/mol. The van der Waals surface area contributed by atoms with Crippen molar-refractivity contribution in [3.63, 3.8) is 0 Å². The van der Waals surface area contributed by atoms with E-state index in [1.165, 1.54) is 0 Å². The number of nitrogens with zero attached hydrogens (tertiary/aromatic N) is 2. The Bertz CT molecular complexity index is 581. The van der Waals surface area contributed by atoms with Crippen molar-refractivity contribution < 1.29 is 9.59 Å². The standard InChI is InChI=1S/C15H18N4O2/c1-16-15(21)14(12-6-3-2-4-7-12)18-13(20)8-11-19-10-5-9-17-19/h2-7,9-10,14H,8,11H2,1H3,(H,16,21)(H,18,20)/t14-/m1/s1. The normalized spacial score (nSPS) is 11.7. The molecule has 1 heterocycles. The lowest BCUT2D eigenvalue weighted by molar-refractivity contribution is -0.129. The van der Waals surface area contributed by atoms with Gasteiger partial charge in [-0.2, -0.15) is 5.10 Å². The summed E-state index contributed by atoms with van der Waals surface area (Å²) in [5.41, 5.74) is 0.754. The first kappa shape index (κ1) is 14.8. The van der Waals surface area contributed by atoms with E-state index in [0.29, 0.717) is 6.54 Å². The van der Waals surface area contributed by atoms with Gasteiger partial charge in [0.15, 0.2) is 0 Å². The highest BCUT2D eigenvalue weighted by Gasteiger charge is 2.21. The number of benzene rings is 1. The van der Waals surface area contributed by atoms with E-state index in [1.54, 1.807) is 30.2 Å². The maximum Gasteiger partial charge on any atom is 0.246 e. The van der Waals surface area contributed by atoms with Gasteiger partial charge in [0.2, 0.25) is 11.8 Å². The van der Waals surface area contributed by atoms with Gasteiger partial charge >= 0.3 is 0 Å². The number of amides is 2. The molecule has 1 aromatic carbocycles. The summed E-state index contributed by atoms with van der Waals surface area (Å²) in [6.07, 6.45) is 3.72. The molecule has 0 saturated carbocycles. The molecule has 110 valence electrons. The fourth-order valence-electron chi connectivity index (χ4n) is 1.97. The van der Waals surface area contributed by atoms with Crippen molar-refractivity contribution in [2.24, 2.45) is 0 Å². The molecule has 0 bridgehead atoms. The molecule has 2 amide bonds. The molecule has 2 aromatic rings. The van der Waals surface area contributed by atoms with Crippen LogP contribution in [-0.4, -0.2) is 28.6 Å². The van der Waals surface area contributed by atoms with Gasteiger partial charge in [0.25, 0.3) is 0 Å². The number of hydrogen-bond donors (Lipinski definition) is 2. The van der Waals surface area contributed by atoms with Gasteiger partial charge in [0, 0.05) is 32.4 Å². The molecule has 21 heavy (non-hydrogen) atoms. The first-order chi connectivity index (χ1) is 10.2. The van der Waals surface area contributed by atoms with Crippen LogP contribution in [0, 0.1) is 0 Å². The van der Waals surface area contributed by atoms with Crippen molar-refractivity contribution in [2.75, 3.05) is 7.05 Å². The van der Waals surface area contributed by atoms with E-state index in [2.05, 4.69) is 15.7 Å². The van der Waals surface area contributed by atoms with Crippen molar-refractivity contribution in [1.29, 1.82) is 0 Å². The summed E-state index contributed by atoms with van der Waals surface area (Å²) < 4.78 is 1.68. The zero-order chi connectivity index (χ0) is 15.1. The topological polar surface area (TPSA) is 76.0 Å². The second-order valence-corrected chi connectivity index (χ2v) is 4.54. The quantitative estimate of drug-likeness (QED) is 0.827. The van der Waals surface area contributed by atoms with E-state index in [-0.39, 0.29) is 18.2 Å². The lowest BCUT2D eigenvalue weighted by Crippen LogP contribution is -2.39. The fraction of sp³-hybridized carbons (Fsp3) is 0.267. The van der Waals surface area contributed by atoms with Crippen molar-refractivity contribution in [1.82, 2.24) is 20.4 Å². The molecule has 0 aliphatic carbocycles. The fourth-order valence-corrected chi connectivity index (χ4v) is 1.97. The third kappa shape index (κ3) is 4.17. The van der Waals surface area contributed by atoms with E-state index in [4.69, 9.17) is 0 Å². The van der Waals surface area contributed by atoms with Crippen LogP contribution in [0.15, 0.2) is 48.8 Å². The molecule has 0 fully saturated rings. The molecular weight excluding hydrogens is 268 g/mol. The summed E-state index contributed by atoms with van der Waals surface area (Å²) in [6, 6.07) is 10.3. The molecular formula is C15H18N4O2. The average Bonchev–Trinajstić information content (AvgIpc) is 3.04. The van der Waals surface area contributed by atoms with Crippen molar-refractivity contribution in [3.05, 3.63) is 54.4 Å². The molecule has 6 heteroatoms. The Morgan fingerprint density at radius 3 is 2.62 bits per heavy atom. The number of aromatic nitrogens is 2. The minimum absolute atomic E-state index is 0.192. The third-order valence-corrected chi connectivity index (χ3v) is 3.07. The number of hydrogen-bond acceptors (Lipinski definition) is 3. The van der Waals surface area contributed by atoms with E-state index in [1.807, 2.05) is 30.3 Å². The van der Waals surface area contributed by atoms with Crippen LogP contribution in [0.2, 0.25) is 0 Å². The molecule has 0 aliphatic heterocycles. The number of carbonyl (C=O) groups excluding carboxylic acids is 2. The maximum atomic E-state index is 12.0. The lowest BCUT2D eigenvalue weighted by Gasteiger charge is -2.17. The molecule has 1 atom stereocenters. The van der Waals surface area contributed by atoms with Gasteiger partial charge in [0.1, 0.15) is 6.04 Å². The van der Waals surface area contributed by atoms with E-state index < -0.39 is 6.04 Å². The summed E-state index contributed by atoms with van der Waals surface area (Å²) in [5.74, 6) is -0.434. The van der Waals surface area contributed by atoms with Gasteiger partial charge < -0.3 is 10.6 Å². The highest BCUT2D eigenvalue weighted by Crippen LogP contribution is 2.12. The second-order valence-electron chi connectivity index (χ2n) is 4.54. The Balaban J connectivity index is 1.98. The van der Waals surface area contributed by atoms with Crippen LogP contribution in [0.3, 0.4) is 0 Å². The smallest absolute Gasteiger partial charge is 0.246 e. The van der Waals surface area contributed by atoms with Crippen LogP contribution in [0.4, 0.5) is 0 Å². The van der Waals surface area contributed by atoms with Gasteiger partial charge in [0.05, 0.1) is 0 Å². The Kier molecular flexibility index (Phi) is 5.09. The summed E-state index contributed by atoms with van der Waals surface area (Å²) in [6.45, 7) is 0.480. The van der Waals surface area contributed by atoms with Gasteiger partial charge in [-0.25, -0.2) is 0 Å². The minimum atomic E-state index is -0.679. The number of nitrogens with one attached hydrogen (secondary N) is 2. The molecule has 6 nitrogen and oxygen atoms in total. The highest BCUT2D eigenvalue weighted by atomic mass is 16.2. The Hall–Kier alpha value is -2.63. The molecule has 0 radical (unpaired) electrons. The van der Waals surface area contributed by atoms with Gasteiger partial charge in [-0.1, -0.05) is 30.3 Å². The largest absolute Gasteiger partial charge is 0.357 e. The van der Waals surface area contributed by atoms with E-state index in [0.717, 1.165) is 5.56 Å². The molecule has 2 rings (SSSR count). The summed E-state index contributed by atoms with van der Waals surface area (Å²) in [5, 5.41) is 9.36. The van der Waals surface area contributed by atoms with E-state index in [9.17, 15) is 9.59 Å². The molecule has 0 aliphatic rings. The third-order valence-electron chi connectivity index (χ3n) is 3.07. The predicted octanol–water partition coefficient (Wildman–Crippen LogP) is 0.877. The van der Waals surface area contributed by atoms with Gasteiger partial charge in [-0.05, 0) is 11.6 Å². The maximum absolute atomic E-state index is 12.0. The molecule has 2 N–H and O–H groups in total. The first-order valence-electron chi connectivity index (χ1n) is 6.74. The van der Waals surface area contributed by atoms with Gasteiger partial charge in [-0.3, -0.25) is 14.3 Å².